The van der Waals surface area contributed by atoms with E-state index in [0.717, 1.165) is 12.8 Å². The molecule has 1 aromatic carbocycles. The molecule has 0 radical (unpaired) electrons. The van der Waals surface area contributed by atoms with Crippen LogP contribution in [0.15, 0.2) is 47.5 Å². The monoisotopic (exact) mass is 422 g/mol. The van der Waals surface area contributed by atoms with Crippen LogP contribution >= 0.6 is 11.6 Å². The van der Waals surface area contributed by atoms with Crippen molar-refractivity contribution >= 4 is 33.2 Å². The number of carbonyl (C=O) groups excluding carboxylic acids is 1. The number of amides is 1. The lowest BCUT2D eigenvalue weighted by atomic mass is 9.90. The van der Waals surface area contributed by atoms with Crippen LogP contribution in [0.2, 0.25) is 5.02 Å². The van der Waals surface area contributed by atoms with Gasteiger partial charge in [0.2, 0.25) is 5.91 Å². The maximum atomic E-state index is 12.4. The van der Waals surface area contributed by atoms with Crippen molar-refractivity contribution in [1.29, 1.82) is 0 Å². The van der Waals surface area contributed by atoms with Crippen LogP contribution in [0.1, 0.15) is 32.1 Å². The molecule has 8 heteroatoms. The first kappa shape index (κ1) is 20.6. The molecule has 0 atom stereocenters. The fourth-order valence-corrected chi connectivity index (χ4v) is 4.49. The molecule has 0 aliphatic heterocycles. The van der Waals surface area contributed by atoms with Gasteiger partial charge in [0.1, 0.15) is 5.75 Å². The molecule has 1 heterocycles. The van der Waals surface area contributed by atoms with Crippen molar-refractivity contribution < 1.29 is 17.9 Å². The summed E-state index contributed by atoms with van der Waals surface area (Å²) in [5.74, 6) is -0.174. The lowest BCUT2D eigenvalue weighted by molar-refractivity contribution is -0.113. The fourth-order valence-electron chi connectivity index (χ4n) is 3.23. The standard InChI is InChI=1S/C20H23ClN2O4S/c21-16-8-10-17(11-9-16)28(25,26)14-19(24)23-20-18(7-4-12-22-20)27-13-15-5-2-1-3-6-15/h4,7-12,15H,1-3,5-6,13-14H2,(H,22,23,24). The zero-order valence-corrected chi connectivity index (χ0v) is 17.0. The smallest absolute Gasteiger partial charge is 0.241 e. The van der Waals surface area contributed by atoms with Crippen LogP contribution in [-0.4, -0.2) is 31.7 Å². The average Bonchev–Trinajstić information content (AvgIpc) is 2.68. The molecule has 3 rings (SSSR count). The zero-order valence-electron chi connectivity index (χ0n) is 15.4. The zero-order chi connectivity index (χ0) is 20.0. The van der Waals surface area contributed by atoms with E-state index in [0.29, 0.717) is 23.3 Å². The maximum absolute atomic E-state index is 12.4. The number of nitrogens with one attached hydrogen (secondary N) is 1. The van der Waals surface area contributed by atoms with E-state index >= 15 is 0 Å². The normalized spacial score (nSPS) is 15.2. The first-order valence-electron chi connectivity index (χ1n) is 9.30. The lowest BCUT2D eigenvalue weighted by Crippen LogP contribution is -2.24. The lowest BCUT2D eigenvalue weighted by Gasteiger charge is -2.22. The Morgan fingerprint density at radius 2 is 1.86 bits per heavy atom. The summed E-state index contributed by atoms with van der Waals surface area (Å²) in [6.07, 6.45) is 7.51. The molecule has 6 nitrogen and oxygen atoms in total. The Hall–Kier alpha value is -2.12. The quantitative estimate of drug-likeness (QED) is 0.725. The highest BCUT2D eigenvalue weighted by Gasteiger charge is 2.21. The average molecular weight is 423 g/mol. The van der Waals surface area contributed by atoms with Crippen molar-refractivity contribution in [3.05, 3.63) is 47.6 Å². The summed E-state index contributed by atoms with van der Waals surface area (Å²) >= 11 is 5.78. The van der Waals surface area contributed by atoms with Crippen molar-refractivity contribution in [2.45, 2.75) is 37.0 Å². The molecule has 2 aromatic rings. The summed E-state index contributed by atoms with van der Waals surface area (Å²) in [4.78, 5) is 16.5. The molecular weight excluding hydrogens is 400 g/mol. The molecule has 1 aliphatic carbocycles. The predicted molar refractivity (Wildman–Crippen MR) is 108 cm³/mol. The molecule has 1 aromatic heterocycles. The number of sulfone groups is 1. The number of carbonyl (C=O) groups is 1. The van der Waals surface area contributed by atoms with Crippen LogP contribution in [0, 0.1) is 5.92 Å². The van der Waals surface area contributed by atoms with Crippen molar-refractivity contribution in [2.75, 3.05) is 17.7 Å². The van der Waals surface area contributed by atoms with Crippen LogP contribution < -0.4 is 10.1 Å². The number of pyridine rings is 1. The van der Waals surface area contributed by atoms with Gasteiger partial charge in [-0.2, -0.15) is 0 Å². The van der Waals surface area contributed by atoms with Gasteiger partial charge >= 0.3 is 0 Å². The van der Waals surface area contributed by atoms with E-state index in [1.807, 2.05) is 0 Å². The summed E-state index contributed by atoms with van der Waals surface area (Å²) in [5, 5.41) is 2.98. The minimum atomic E-state index is -3.78. The van der Waals surface area contributed by atoms with E-state index < -0.39 is 21.5 Å². The largest absolute Gasteiger partial charge is 0.489 e. The SMILES string of the molecule is O=C(CS(=O)(=O)c1ccc(Cl)cc1)Nc1ncccc1OCC1CCCCC1. The molecule has 0 bridgehead atoms. The van der Waals surface area contributed by atoms with Crippen LogP contribution in [-0.2, 0) is 14.6 Å². The minimum Gasteiger partial charge on any atom is -0.489 e. The van der Waals surface area contributed by atoms with Gasteiger partial charge in [0.15, 0.2) is 21.4 Å². The van der Waals surface area contributed by atoms with Crippen LogP contribution in [0.25, 0.3) is 0 Å². The van der Waals surface area contributed by atoms with Gasteiger partial charge in [0.05, 0.1) is 11.5 Å². The third-order valence-electron chi connectivity index (χ3n) is 4.72. The first-order valence-corrected chi connectivity index (χ1v) is 11.3. The molecule has 1 saturated carbocycles. The molecule has 28 heavy (non-hydrogen) atoms. The number of halogens is 1. The second-order valence-corrected chi connectivity index (χ2v) is 9.35. The number of rotatable bonds is 7. The van der Waals surface area contributed by atoms with Gasteiger partial charge in [-0.25, -0.2) is 13.4 Å². The van der Waals surface area contributed by atoms with Crippen LogP contribution in [0.5, 0.6) is 5.75 Å². The summed E-state index contributed by atoms with van der Waals surface area (Å²) in [7, 11) is -3.78. The van der Waals surface area contributed by atoms with Crippen LogP contribution in [0.3, 0.4) is 0 Å². The van der Waals surface area contributed by atoms with E-state index in [2.05, 4.69) is 10.3 Å². The number of ether oxygens (including phenoxy) is 1. The number of anilines is 1. The van der Waals surface area contributed by atoms with Gasteiger partial charge in [0, 0.05) is 11.2 Å². The number of aromatic nitrogens is 1. The van der Waals surface area contributed by atoms with E-state index in [9.17, 15) is 13.2 Å². The van der Waals surface area contributed by atoms with Crippen molar-refractivity contribution in [3.8, 4) is 5.75 Å². The summed E-state index contributed by atoms with van der Waals surface area (Å²) in [6, 6.07) is 9.15. The number of hydrogen-bond donors (Lipinski definition) is 1. The second-order valence-electron chi connectivity index (χ2n) is 6.93. The van der Waals surface area contributed by atoms with Gasteiger partial charge in [-0.05, 0) is 55.2 Å². The highest BCUT2D eigenvalue weighted by atomic mass is 35.5. The number of benzene rings is 1. The topological polar surface area (TPSA) is 85.4 Å². The van der Waals surface area contributed by atoms with E-state index in [1.165, 1.54) is 49.7 Å². The second kappa shape index (κ2) is 9.39. The molecule has 1 N–H and O–H groups in total. The Labute approximate surface area is 170 Å². The minimum absolute atomic E-state index is 0.0434. The molecule has 1 fully saturated rings. The van der Waals surface area contributed by atoms with Crippen molar-refractivity contribution in [2.24, 2.45) is 5.92 Å². The van der Waals surface area contributed by atoms with Crippen LogP contribution in [0.4, 0.5) is 5.82 Å². The van der Waals surface area contributed by atoms with Crippen molar-refractivity contribution in [1.82, 2.24) is 4.98 Å². The third-order valence-corrected chi connectivity index (χ3v) is 6.61. The van der Waals surface area contributed by atoms with Gasteiger partial charge < -0.3 is 10.1 Å². The van der Waals surface area contributed by atoms with E-state index in [1.54, 1.807) is 12.1 Å². The molecule has 1 aliphatic rings. The maximum Gasteiger partial charge on any atom is 0.241 e. The highest BCUT2D eigenvalue weighted by Crippen LogP contribution is 2.27. The Bertz CT molecular complexity index is 910. The third kappa shape index (κ3) is 5.69. The number of hydrogen-bond acceptors (Lipinski definition) is 5. The molecule has 0 saturated heterocycles. The summed E-state index contributed by atoms with van der Waals surface area (Å²) < 4.78 is 30.7. The Kier molecular flexibility index (Phi) is 6.91. The van der Waals surface area contributed by atoms with Gasteiger partial charge in [-0.1, -0.05) is 30.9 Å². The Balaban J connectivity index is 1.62. The number of nitrogens with zero attached hydrogens (tertiary/aromatic N) is 1. The molecular formula is C20H23ClN2O4S. The van der Waals surface area contributed by atoms with Gasteiger partial charge in [-0.15, -0.1) is 0 Å². The first-order chi connectivity index (χ1) is 13.4. The summed E-state index contributed by atoms with van der Waals surface area (Å²) in [5.41, 5.74) is 0. The Morgan fingerprint density at radius 3 is 2.57 bits per heavy atom. The highest BCUT2D eigenvalue weighted by molar-refractivity contribution is 7.92. The Morgan fingerprint density at radius 1 is 1.14 bits per heavy atom. The molecule has 1 amide bonds. The summed E-state index contributed by atoms with van der Waals surface area (Å²) in [6.45, 7) is 0.567. The van der Waals surface area contributed by atoms with Crippen molar-refractivity contribution in [3.63, 3.8) is 0 Å². The molecule has 150 valence electrons. The van der Waals surface area contributed by atoms with Gasteiger partial charge in [-0.3, -0.25) is 4.79 Å². The van der Waals surface area contributed by atoms with Gasteiger partial charge in [0.25, 0.3) is 0 Å². The molecule has 0 unspecified atom stereocenters. The predicted octanol–water partition coefficient (Wildman–Crippen LogP) is 4.11. The fraction of sp³-hybridized carbons (Fsp3) is 0.400. The van der Waals surface area contributed by atoms with E-state index in [-0.39, 0.29) is 10.7 Å². The van der Waals surface area contributed by atoms with E-state index in [4.69, 9.17) is 16.3 Å². The molecule has 0 spiro atoms.